The molecule has 58 heavy (non-hydrogen) atoms. The van der Waals surface area contributed by atoms with E-state index in [4.69, 9.17) is 9.97 Å². The topological polar surface area (TPSA) is 180 Å². The highest BCUT2D eigenvalue weighted by molar-refractivity contribution is 6.07. The first kappa shape index (κ1) is 36.8. The second kappa shape index (κ2) is 14.6. The number of imide groups is 1. The number of imidazole rings is 1. The van der Waals surface area contributed by atoms with Gasteiger partial charge in [-0.2, -0.15) is 0 Å². The number of benzene rings is 2. The molecular formula is C43H41N9O6. The van der Waals surface area contributed by atoms with Crippen molar-refractivity contribution in [2.45, 2.75) is 65.2 Å². The molecule has 2 saturated heterocycles. The molecule has 0 aliphatic carbocycles. The van der Waals surface area contributed by atoms with Gasteiger partial charge in [0.15, 0.2) is 0 Å². The first-order valence-corrected chi connectivity index (χ1v) is 19.6. The summed E-state index contributed by atoms with van der Waals surface area (Å²) in [5.74, 6) is -0.752. The number of anilines is 1. The minimum atomic E-state index is -0.751. The van der Waals surface area contributed by atoms with E-state index < -0.39 is 11.9 Å². The van der Waals surface area contributed by atoms with Crippen LogP contribution in [0.4, 0.5) is 5.69 Å². The van der Waals surface area contributed by atoms with E-state index in [0.29, 0.717) is 48.7 Å². The summed E-state index contributed by atoms with van der Waals surface area (Å²) in [5.41, 5.74) is 6.26. The number of rotatable bonds is 8. The van der Waals surface area contributed by atoms with Crippen LogP contribution in [-0.2, 0) is 45.2 Å². The molecule has 3 aromatic heterocycles. The molecule has 2 fully saturated rings. The van der Waals surface area contributed by atoms with Crippen molar-refractivity contribution in [3.63, 3.8) is 0 Å². The maximum Gasteiger partial charge on any atom is 0.269 e. The molecule has 15 heteroatoms. The van der Waals surface area contributed by atoms with Crippen LogP contribution in [-0.4, -0.2) is 90.4 Å². The van der Waals surface area contributed by atoms with Crippen molar-refractivity contribution in [1.82, 2.24) is 40.0 Å². The molecule has 5 aromatic rings. The van der Waals surface area contributed by atoms with E-state index in [1.807, 2.05) is 41.4 Å². The van der Waals surface area contributed by atoms with Gasteiger partial charge < -0.3 is 24.6 Å². The van der Waals surface area contributed by atoms with Crippen molar-refractivity contribution >= 4 is 51.9 Å². The predicted octanol–water partition coefficient (Wildman–Crippen LogP) is 3.63. The van der Waals surface area contributed by atoms with Crippen molar-refractivity contribution in [2.75, 3.05) is 24.5 Å². The monoisotopic (exact) mass is 779 g/mol. The summed E-state index contributed by atoms with van der Waals surface area (Å²) >= 11 is 0. The number of aryl methyl sites for hydroxylation is 1. The zero-order valence-corrected chi connectivity index (χ0v) is 32.2. The number of pyridine rings is 2. The molecule has 2 aromatic carbocycles. The Hall–Kier alpha value is -6.77. The number of nitrogens with one attached hydrogen (secondary N) is 2. The molecule has 7 heterocycles. The van der Waals surface area contributed by atoms with Crippen LogP contribution in [0.25, 0.3) is 33.3 Å². The van der Waals surface area contributed by atoms with Gasteiger partial charge in [0.05, 0.1) is 23.6 Å². The van der Waals surface area contributed by atoms with Crippen molar-refractivity contribution in [2.24, 2.45) is 5.92 Å². The Labute approximate surface area is 333 Å². The zero-order chi connectivity index (χ0) is 40.2. The van der Waals surface area contributed by atoms with Crippen LogP contribution in [0.1, 0.15) is 71.0 Å². The lowest BCUT2D eigenvalue weighted by Crippen LogP contribution is -2.52. The minimum absolute atomic E-state index is 0.0466. The normalized spacial score (nSPS) is 19.1. The molecule has 2 unspecified atom stereocenters. The van der Waals surface area contributed by atoms with Crippen LogP contribution in [0, 0.1) is 5.92 Å². The largest absolute Gasteiger partial charge is 0.350 e. The molecule has 15 nitrogen and oxygen atoms in total. The average molecular weight is 780 g/mol. The third kappa shape index (κ3) is 6.45. The summed E-state index contributed by atoms with van der Waals surface area (Å²) in [4.78, 5) is 95.5. The highest BCUT2D eigenvalue weighted by Crippen LogP contribution is 2.37. The van der Waals surface area contributed by atoms with Crippen molar-refractivity contribution < 1.29 is 28.8 Å². The molecule has 0 spiro atoms. The Bertz CT molecular complexity index is 2570. The standard InChI is InChI=1S/C43H41N9O6/c1-3-37-47-40(36-23-49(24(2)53)14-15-50(36)37)28-7-4-6-26-17-33(45-20-30(26)28)27-10-11-32(44-19-27)41(56)46-18-25-16-39(55)51(21-25)34-9-5-8-29-31(34)22-52(43(29)58)35-12-13-38(54)48-42(35)57/h4-11,17,19-20,25,35H,3,12-16,18,21-23H2,1-2H3,(H,46,56)(H,48,54,57). The van der Waals surface area contributed by atoms with Crippen LogP contribution in [0.5, 0.6) is 0 Å². The summed E-state index contributed by atoms with van der Waals surface area (Å²) in [6.45, 7) is 6.34. The molecular weight excluding hydrogens is 739 g/mol. The fourth-order valence-electron chi connectivity index (χ4n) is 8.71. The van der Waals surface area contributed by atoms with Gasteiger partial charge in [-0.25, -0.2) is 4.98 Å². The molecule has 0 radical (unpaired) electrons. The van der Waals surface area contributed by atoms with Gasteiger partial charge >= 0.3 is 0 Å². The van der Waals surface area contributed by atoms with Gasteiger partial charge in [0.1, 0.15) is 17.6 Å². The lowest BCUT2D eigenvalue weighted by Gasteiger charge is -2.29. The molecule has 4 aliphatic rings. The Kier molecular flexibility index (Phi) is 9.29. The molecule has 0 bridgehead atoms. The first-order chi connectivity index (χ1) is 28.1. The van der Waals surface area contributed by atoms with Gasteiger partial charge in [-0.3, -0.25) is 44.1 Å². The average Bonchev–Trinajstić information content (AvgIpc) is 3.91. The summed E-state index contributed by atoms with van der Waals surface area (Å²) in [7, 11) is 0. The second-order valence-electron chi connectivity index (χ2n) is 15.3. The number of piperidine rings is 1. The van der Waals surface area contributed by atoms with Gasteiger partial charge in [0, 0.05) is 111 Å². The maximum atomic E-state index is 13.3. The molecule has 4 aliphatic heterocycles. The lowest BCUT2D eigenvalue weighted by atomic mass is 10.0. The molecule has 294 valence electrons. The summed E-state index contributed by atoms with van der Waals surface area (Å²) in [6.07, 6.45) is 4.88. The van der Waals surface area contributed by atoms with Gasteiger partial charge in [0.25, 0.3) is 11.8 Å². The number of nitrogens with zero attached hydrogens (tertiary/aromatic N) is 7. The molecule has 0 saturated carbocycles. The van der Waals surface area contributed by atoms with Gasteiger partial charge in [-0.15, -0.1) is 0 Å². The third-order valence-electron chi connectivity index (χ3n) is 11.8. The second-order valence-corrected chi connectivity index (χ2v) is 15.3. The van der Waals surface area contributed by atoms with Gasteiger partial charge in [-0.05, 0) is 42.1 Å². The van der Waals surface area contributed by atoms with E-state index >= 15 is 0 Å². The first-order valence-electron chi connectivity index (χ1n) is 19.6. The molecule has 2 atom stereocenters. The van der Waals surface area contributed by atoms with E-state index in [-0.39, 0.29) is 73.5 Å². The number of carbonyl (C=O) groups is 6. The van der Waals surface area contributed by atoms with Crippen molar-refractivity contribution in [3.05, 3.63) is 95.3 Å². The number of fused-ring (bicyclic) bond motifs is 3. The number of hydrogen-bond acceptors (Lipinski definition) is 9. The van der Waals surface area contributed by atoms with Crippen LogP contribution in [0.3, 0.4) is 0 Å². The zero-order valence-electron chi connectivity index (χ0n) is 32.2. The number of amides is 6. The smallest absolute Gasteiger partial charge is 0.269 e. The molecule has 9 rings (SSSR count). The summed E-state index contributed by atoms with van der Waals surface area (Å²) in [5, 5.41) is 7.17. The highest BCUT2D eigenvalue weighted by atomic mass is 16.2. The van der Waals surface area contributed by atoms with E-state index in [1.54, 1.807) is 42.3 Å². The van der Waals surface area contributed by atoms with E-state index in [1.165, 1.54) is 4.90 Å². The fraction of sp³-hybridized carbons (Fsp3) is 0.326. The number of hydrogen-bond donors (Lipinski definition) is 2. The Balaban J connectivity index is 0.857. The van der Waals surface area contributed by atoms with Crippen LogP contribution >= 0.6 is 0 Å². The summed E-state index contributed by atoms with van der Waals surface area (Å²) in [6, 6.07) is 16.0. The van der Waals surface area contributed by atoms with Crippen molar-refractivity contribution in [1.29, 1.82) is 0 Å². The van der Waals surface area contributed by atoms with Gasteiger partial charge in [-0.1, -0.05) is 31.2 Å². The molecule has 2 N–H and O–H groups in total. The summed E-state index contributed by atoms with van der Waals surface area (Å²) < 4.78 is 2.24. The van der Waals surface area contributed by atoms with Crippen LogP contribution < -0.4 is 15.5 Å². The Morgan fingerprint density at radius 3 is 2.55 bits per heavy atom. The Morgan fingerprint density at radius 1 is 0.948 bits per heavy atom. The Morgan fingerprint density at radius 2 is 1.78 bits per heavy atom. The lowest BCUT2D eigenvalue weighted by molar-refractivity contribution is -0.137. The predicted molar refractivity (Wildman–Crippen MR) is 212 cm³/mol. The SMILES string of the molecule is CCc1nc(-c2cccc3cc(-c4ccc(C(=O)NCC5CC(=O)N(c6cccc7c6CN(C6CCC(=O)NC6=O)C7=O)C5)nc4)ncc23)c2n1CCN(C(C)=O)C2. The van der Waals surface area contributed by atoms with E-state index in [9.17, 15) is 28.8 Å². The quantitative estimate of drug-likeness (QED) is 0.223. The third-order valence-corrected chi connectivity index (χ3v) is 11.8. The number of aromatic nitrogens is 4. The van der Waals surface area contributed by atoms with Crippen LogP contribution in [0.2, 0.25) is 0 Å². The van der Waals surface area contributed by atoms with E-state index in [2.05, 4.69) is 27.1 Å². The van der Waals surface area contributed by atoms with Gasteiger partial charge in [0.2, 0.25) is 23.6 Å². The fourth-order valence-corrected chi connectivity index (χ4v) is 8.71. The van der Waals surface area contributed by atoms with Crippen LogP contribution in [0.15, 0.2) is 67.0 Å². The minimum Gasteiger partial charge on any atom is -0.350 e. The molecule has 6 amide bonds. The number of carbonyl (C=O) groups excluding carboxylic acids is 6. The van der Waals surface area contributed by atoms with Crippen molar-refractivity contribution in [3.8, 4) is 22.5 Å². The maximum absolute atomic E-state index is 13.3. The highest BCUT2D eigenvalue weighted by Gasteiger charge is 2.42. The van der Waals surface area contributed by atoms with E-state index in [0.717, 1.165) is 45.5 Å².